The number of carboxylic acids is 1. The molecule has 43 heavy (non-hydrogen) atoms. The van der Waals surface area contributed by atoms with Gasteiger partial charge >= 0.3 is 17.6 Å². The van der Waals surface area contributed by atoms with Crippen molar-refractivity contribution in [2.75, 3.05) is 0 Å². The number of aliphatic carboxylic acids is 1. The summed E-state index contributed by atoms with van der Waals surface area (Å²) < 4.78 is 33.1. The van der Waals surface area contributed by atoms with Gasteiger partial charge in [0.1, 0.15) is 6.04 Å². The molecule has 0 spiro atoms. The molecule has 0 bridgehead atoms. The molecule has 0 aliphatic rings. The number of alkyl halides is 2. The Balaban J connectivity index is 1.46. The van der Waals surface area contributed by atoms with Gasteiger partial charge in [-0.05, 0) is 46.7 Å². The monoisotopic (exact) mass is 583 g/mol. The Morgan fingerprint density at radius 1 is 0.907 bits per heavy atom. The van der Waals surface area contributed by atoms with Crippen LogP contribution in [0.15, 0.2) is 107 Å². The largest absolute Gasteiger partial charge is 0.480 e. The van der Waals surface area contributed by atoms with E-state index in [-0.39, 0.29) is 12.1 Å². The number of nitrogens with one attached hydrogen (secondary N) is 1. The quantitative estimate of drug-likeness (QED) is 0.278. The zero-order valence-electron chi connectivity index (χ0n) is 23.3. The number of aryl methyl sites for hydroxylation is 2. The van der Waals surface area contributed by atoms with Crippen LogP contribution in [0.3, 0.4) is 0 Å². The first-order valence-corrected chi connectivity index (χ1v) is 13.4. The highest BCUT2D eigenvalue weighted by Crippen LogP contribution is 2.33. The average Bonchev–Trinajstić information content (AvgIpc) is 2.99. The SMILES string of the molecule is Cc1ccccc1-c1cccc(C(F)(F)C(=O)N[C@@H](Cc2cccc3c(-n4c(=O)ccn(C)c4=O)cccc23)C(=O)O)c1. The smallest absolute Gasteiger partial charge is 0.349 e. The van der Waals surface area contributed by atoms with Crippen LogP contribution in [0.1, 0.15) is 16.7 Å². The maximum Gasteiger partial charge on any atom is 0.349 e. The van der Waals surface area contributed by atoms with Crippen molar-refractivity contribution in [3.05, 3.63) is 135 Å². The van der Waals surface area contributed by atoms with Crippen LogP contribution in [0.5, 0.6) is 0 Å². The van der Waals surface area contributed by atoms with E-state index in [0.717, 1.165) is 21.8 Å². The summed E-state index contributed by atoms with van der Waals surface area (Å²) in [7, 11) is 1.50. The van der Waals surface area contributed by atoms with Crippen LogP contribution < -0.4 is 16.6 Å². The Morgan fingerprint density at radius 2 is 1.60 bits per heavy atom. The number of benzene rings is 4. The Bertz CT molecular complexity index is 2000. The average molecular weight is 584 g/mol. The van der Waals surface area contributed by atoms with Gasteiger partial charge in [-0.1, -0.05) is 72.8 Å². The lowest BCUT2D eigenvalue weighted by Crippen LogP contribution is -2.48. The Morgan fingerprint density at radius 3 is 2.35 bits per heavy atom. The van der Waals surface area contributed by atoms with Gasteiger partial charge in [-0.2, -0.15) is 8.78 Å². The van der Waals surface area contributed by atoms with Gasteiger partial charge < -0.3 is 15.0 Å². The number of nitrogens with zero attached hydrogens (tertiary/aromatic N) is 2. The van der Waals surface area contributed by atoms with E-state index < -0.39 is 40.7 Å². The number of hydrogen-bond acceptors (Lipinski definition) is 4. The number of fused-ring (bicyclic) bond motifs is 1. The standard InChI is InChI=1S/C33H27F2N3O5/c1-20-8-3-4-12-24(20)21-9-5-11-23(18-21)33(34,35)31(42)36-27(30(40)41)19-22-10-6-14-26-25(22)13-7-15-28(26)38-29(39)16-17-37(2)32(38)43/h3-18,27H,19H2,1-2H3,(H,36,42)(H,40,41)/t27-/m0/s1. The van der Waals surface area contributed by atoms with Crippen LogP contribution in [0.25, 0.3) is 27.6 Å². The first-order valence-electron chi connectivity index (χ1n) is 13.4. The maximum atomic E-state index is 15.4. The van der Waals surface area contributed by atoms with Gasteiger partial charge in [0.05, 0.1) is 5.69 Å². The number of halogens is 2. The number of amides is 1. The molecule has 0 saturated heterocycles. The van der Waals surface area contributed by atoms with Gasteiger partial charge in [0, 0.05) is 36.7 Å². The van der Waals surface area contributed by atoms with Crippen molar-refractivity contribution in [2.45, 2.75) is 25.3 Å². The number of aromatic nitrogens is 2. The van der Waals surface area contributed by atoms with Gasteiger partial charge in [-0.3, -0.25) is 9.59 Å². The summed E-state index contributed by atoms with van der Waals surface area (Å²) in [5.41, 5.74) is 1.10. The summed E-state index contributed by atoms with van der Waals surface area (Å²) >= 11 is 0. The molecule has 0 unspecified atom stereocenters. The zero-order valence-corrected chi connectivity index (χ0v) is 23.3. The fourth-order valence-electron chi connectivity index (χ4n) is 5.10. The van der Waals surface area contributed by atoms with Crippen LogP contribution in [0.2, 0.25) is 0 Å². The molecule has 0 aliphatic heterocycles. The molecular formula is C33H27F2N3O5. The molecule has 0 aliphatic carbocycles. The molecule has 0 saturated carbocycles. The number of carbonyl (C=O) groups is 2. The van der Waals surface area contributed by atoms with E-state index in [2.05, 4.69) is 0 Å². The molecule has 5 aromatic rings. The van der Waals surface area contributed by atoms with Gasteiger partial charge in [0.2, 0.25) is 0 Å². The minimum absolute atomic E-state index is 0.279. The van der Waals surface area contributed by atoms with Crippen LogP contribution in [-0.2, 0) is 29.0 Å². The Kier molecular flexibility index (Phi) is 7.78. The lowest BCUT2D eigenvalue weighted by atomic mass is 9.96. The molecular weight excluding hydrogens is 556 g/mol. The summed E-state index contributed by atoms with van der Waals surface area (Å²) in [5.74, 6) is -7.27. The van der Waals surface area contributed by atoms with Gasteiger partial charge in [-0.15, -0.1) is 0 Å². The van der Waals surface area contributed by atoms with E-state index in [1.54, 1.807) is 54.6 Å². The zero-order chi connectivity index (χ0) is 30.9. The highest BCUT2D eigenvalue weighted by atomic mass is 19.3. The van der Waals surface area contributed by atoms with Gasteiger partial charge in [0.25, 0.3) is 11.5 Å². The maximum absolute atomic E-state index is 15.4. The van der Waals surface area contributed by atoms with Gasteiger partial charge in [0.15, 0.2) is 0 Å². The van der Waals surface area contributed by atoms with Crippen molar-refractivity contribution in [2.24, 2.45) is 7.05 Å². The molecule has 218 valence electrons. The fourth-order valence-corrected chi connectivity index (χ4v) is 5.10. The molecule has 4 aromatic carbocycles. The summed E-state index contributed by atoms with van der Waals surface area (Å²) in [6.45, 7) is 1.85. The van der Waals surface area contributed by atoms with E-state index >= 15 is 8.78 Å². The number of carbonyl (C=O) groups excluding carboxylic acids is 1. The minimum atomic E-state index is -4.02. The third kappa shape index (κ3) is 5.59. The molecule has 1 aromatic heterocycles. The van der Waals surface area contributed by atoms with E-state index in [1.165, 1.54) is 36.0 Å². The minimum Gasteiger partial charge on any atom is -0.480 e. The molecule has 0 fully saturated rings. The normalized spacial score (nSPS) is 12.2. The summed E-state index contributed by atoms with van der Waals surface area (Å²) in [5, 5.41) is 12.9. The molecule has 1 amide bonds. The summed E-state index contributed by atoms with van der Waals surface area (Å²) in [6.07, 6.45) is 1.02. The first-order chi connectivity index (χ1) is 20.5. The number of hydrogen-bond donors (Lipinski definition) is 2. The Labute approximate surface area is 244 Å². The third-order valence-corrected chi connectivity index (χ3v) is 7.38. The summed E-state index contributed by atoms with van der Waals surface area (Å²) in [4.78, 5) is 50.4. The second-order valence-electron chi connectivity index (χ2n) is 10.2. The van der Waals surface area contributed by atoms with E-state index in [0.29, 0.717) is 21.9 Å². The summed E-state index contributed by atoms with van der Waals surface area (Å²) in [6, 6.07) is 21.9. The second-order valence-corrected chi connectivity index (χ2v) is 10.2. The van der Waals surface area contributed by atoms with Crippen LogP contribution in [0.4, 0.5) is 8.78 Å². The number of carboxylic acid groups (broad SMARTS) is 1. The van der Waals surface area contributed by atoms with Crippen LogP contribution >= 0.6 is 0 Å². The number of rotatable bonds is 8. The lowest BCUT2D eigenvalue weighted by Gasteiger charge is -2.21. The van der Waals surface area contributed by atoms with Crippen molar-refractivity contribution in [1.29, 1.82) is 0 Å². The molecule has 1 atom stereocenters. The van der Waals surface area contributed by atoms with Gasteiger partial charge in [-0.25, -0.2) is 14.2 Å². The molecule has 1 heterocycles. The van der Waals surface area contributed by atoms with Crippen molar-refractivity contribution >= 4 is 22.6 Å². The highest BCUT2D eigenvalue weighted by molar-refractivity contribution is 5.94. The lowest BCUT2D eigenvalue weighted by molar-refractivity contribution is -0.152. The van der Waals surface area contributed by atoms with Crippen LogP contribution in [-0.4, -0.2) is 32.2 Å². The second kappa shape index (κ2) is 11.5. The predicted octanol–water partition coefficient (Wildman–Crippen LogP) is 4.57. The predicted molar refractivity (Wildman–Crippen MR) is 159 cm³/mol. The van der Waals surface area contributed by atoms with E-state index in [4.69, 9.17) is 0 Å². The topological polar surface area (TPSA) is 110 Å². The molecule has 2 N–H and O–H groups in total. The van der Waals surface area contributed by atoms with E-state index in [9.17, 15) is 24.3 Å². The highest BCUT2D eigenvalue weighted by Gasteiger charge is 2.43. The van der Waals surface area contributed by atoms with Crippen molar-refractivity contribution in [3.63, 3.8) is 0 Å². The van der Waals surface area contributed by atoms with E-state index in [1.807, 2.05) is 24.4 Å². The third-order valence-electron chi connectivity index (χ3n) is 7.38. The van der Waals surface area contributed by atoms with Crippen molar-refractivity contribution < 1.29 is 23.5 Å². The Hall–Kier alpha value is -5.38. The van der Waals surface area contributed by atoms with Crippen LogP contribution in [0, 0.1) is 6.92 Å². The molecule has 5 rings (SSSR count). The molecule has 8 nitrogen and oxygen atoms in total. The molecule has 10 heteroatoms. The molecule has 0 radical (unpaired) electrons. The fraction of sp³-hybridized carbons (Fsp3) is 0.152. The van der Waals surface area contributed by atoms with Crippen molar-refractivity contribution in [1.82, 2.24) is 14.5 Å². The van der Waals surface area contributed by atoms with Crippen molar-refractivity contribution in [3.8, 4) is 16.8 Å². The first kappa shape index (κ1) is 29.1.